The predicted molar refractivity (Wildman–Crippen MR) is 242 cm³/mol. The molecular weight excluding hydrogens is 1050 g/mol. The van der Waals surface area contributed by atoms with Crippen molar-refractivity contribution in [1.82, 2.24) is 14.9 Å². The molecule has 4 fully saturated rings. The molecule has 1 aromatic rings. The van der Waals surface area contributed by atoms with E-state index < -0.39 is 173 Å². The van der Waals surface area contributed by atoms with Crippen LogP contribution in [0.2, 0.25) is 0 Å². The maximum Gasteiger partial charge on any atom is 0.475 e. The quantitative estimate of drug-likeness (QED) is 0.0187. The summed E-state index contributed by atoms with van der Waals surface area (Å²) in [6, 6.07) is -0.510. The molecule has 1 amide bonds. The van der Waals surface area contributed by atoms with Gasteiger partial charge >= 0.3 is 19.5 Å². The van der Waals surface area contributed by atoms with E-state index in [0.717, 1.165) is 24.8 Å². The minimum atomic E-state index is -5.79. The molecule has 22 atom stereocenters. The van der Waals surface area contributed by atoms with Gasteiger partial charge in [0.15, 0.2) is 18.8 Å². The fraction of sp³-hybridized carbons (Fsp3) is 0.821. The maximum absolute atomic E-state index is 14.0. The first-order valence-corrected chi connectivity index (χ1v) is 26.0. The lowest BCUT2D eigenvalue weighted by Crippen LogP contribution is -2.73. The Hall–Kier alpha value is -2.78. The van der Waals surface area contributed by atoms with Crippen molar-refractivity contribution < 1.29 is 127 Å². The number of amides is 1. The minimum absolute atomic E-state index is 0.0300. The van der Waals surface area contributed by atoms with Crippen LogP contribution in [0.25, 0.3) is 0 Å². The highest BCUT2D eigenvalue weighted by atomic mass is 32.2. The Morgan fingerprint density at radius 2 is 1.59 bits per heavy atom. The zero-order valence-corrected chi connectivity index (χ0v) is 41.7. The number of nitrogens with one attached hydrogen (secondary N) is 1. The van der Waals surface area contributed by atoms with E-state index in [0.29, 0.717) is 18.2 Å². The number of aliphatic hydroxyl groups excluding tert-OH is 11. The van der Waals surface area contributed by atoms with Gasteiger partial charge in [-0.15, -0.1) is 11.8 Å². The summed E-state index contributed by atoms with van der Waals surface area (Å²) < 4.78 is 69.0. The van der Waals surface area contributed by atoms with Crippen LogP contribution in [-0.2, 0) is 65.9 Å². The monoisotopic (exact) mass is 1110 g/mol. The molecule has 34 heteroatoms. The summed E-state index contributed by atoms with van der Waals surface area (Å²) in [5.74, 6) is -5.70. The first kappa shape index (κ1) is 61.1. The zero-order valence-electron chi connectivity index (χ0n) is 39.2. The summed E-state index contributed by atoms with van der Waals surface area (Å²) in [6.07, 6.45) is -29.3. The number of aliphatic hydroxyl groups is 11. The van der Waals surface area contributed by atoms with Crippen LogP contribution in [0.1, 0.15) is 26.0 Å². The van der Waals surface area contributed by atoms with Crippen molar-refractivity contribution in [2.45, 2.75) is 147 Å². The Balaban J connectivity index is 1.32. The van der Waals surface area contributed by atoms with Crippen LogP contribution >= 0.6 is 31.3 Å². The van der Waals surface area contributed by atoms with E-state index >= 15 is 0 Å². The first-order valence-electron chi connectivity index (χ1n) is 22.3. The molecule has 0 aromatic carbocycles. The number of ether oxygens (including phenoxy) is 8. The van der Waals surface area contributed by atoms with Gasteiger partial charge in [0.1, 0.15) is 96.5 Å². The number of aromatic nitrogens is 2. The molecule has 5 rings (SSSR count). The number of esters is 1. The van der Waals surface area contributed by atoms with Gasteiger partial charge in [0, 0.05) is 26.0 Å². The van der Waals surface area contributed by atoms with Crippen molar-refractivity contribution in [2.75, 3.05) is 57.0 Å². The Kier molecular flexibility index (Phi) is 22.6. The maximum atomic E-state index is 14.0. The Morgan fingerprint density at radius 3 is 2.21 bits per heavy atom. The predicted octanol–water partition coefficient (Wildman–Crippen LogP) is -7.50. The lowest BCUT2D eigenvalue weighted by atomic mass is 9.88. The molecule has 1 aromatic heterocycles. The van der Waals surface area contributed by atoms with Gasteiger partial charge in [0.05, 0.1) is 39.1 Å². The van der Waals surface area contributed by atoms with Gasteiger partial charge in [-0.2, -0.15) is 16.7 Å². The van der Waals surface area contributed by atoms with Crippen LogP contribution in [0.15, 0.2) is 17.1 Å². The highest BCUT2D eigenvalue weighted by Gasteiger charge is 2.66. The molecule has 4 aliphatic rings. The van der Waals surface area contributed by atoms with Gasteiger partial charge in [-0.05, 0) is 30.4 Å². The lowest BCUT2D eigenvalue weighted by Gasteiger charge is -2.51. The lowest BCUT2D eigenvalue weighted by molar-refractivity contribution is -0.353. The molecule has 418 valence electrons. The van der Waals surface area contributed by atoms with Gasteiger partial charge in [-0.1, -0.05) is 0 Å². The van der Waals surface area contributed by atoms with Crippen molar-refractivity contribution in [2.24, 2.45) is 0 Å². The third kappa shape index (κ3) is 14.2. The number of nitrogens with zero attached hydrogens (tertiary/aromatic N) is 2. The largest absolute Gasteiger partial charge is 0.475 e. The molecule has 15 N–H and O–H groups in total. The third-order valence-corrected chi connectivity index (χ3v) is 15.6. The van der Waals surface area contributed by atoms with Crippen LogP contribution in [0, 0.1) is 0 Å². The molecule has 73 heavy (non-hydrogen) atoms. The average molecular weight is 1120 g/mol. The number of methoxy groups -OCH3 is 2. The second-order valence-corrected chi connectivity index (χ2v) is 20.8. The molecule has 0 aliphatic carbocycles. The standard InChI is InChI=1S/C39H63N4O27PS2/c1-15(47)41-21-31(22(49)16(48)10-44)69-39(37(57)62-3,70-71(59,60)64-12-18-23(50)27(54)34(65-18)43-7-6-20(40)42-38(43)58)33(32(21)63-14-46)73-9-5-4-8-72-13-19-24(51)25(52)28(55)36(67-19)68-30-17(11-45)66-35(61-2)29(56)26(30)53/h6-7,14,16-19,21-36,44-45,48-56H,4-5,8-13H2,1-3H3,(H,41,47)(H,59,60)(H2,40,42,58)/t16-,17-,18-,19-,21+,22-,23-,24+,25+,26-,27-,28-,29-,30+,31-,32-,33-,34-,35-,36+,39-/m1/s1. The summed E-state index contributed by atoms with van der Waals surface area (Å²) in [5, 5.41) is 117. The highest BCUT2D eigenvalue weighted by Crippen LogP contribution is 2.54. The van der Waals surface area contributed by atoms with Crippen molar-refractivity contribution in [3.05, 3.63) is 22.7 Å². The number of unbranched alkanes of at least 4 members (excludes halogenated alkanes) is 1. The normalized spacial score (nSPS) is 38.5. The molecular formula is C39H63N4O27PS2. The molecule has 0 bridgehead atoms. The van der Waals surface area contributed by atoms with Crippen molar-refractivity contribution in [3.8, 4) is 0 Å². The molecule has 4 aliphatic heterocycles. The molecule has 0 saturated carbocycles. The molecule has 0 radical (unpaired) electrons. The van der Waals surface area contributed by atoms with Gasteiger partial charge < -0.3 is 110 Å². The fourth-order valence-electron chi connectivity index (χ4n) is 8.32. The molecule has 4 saturated heterocycles. The van der Waals surface area contributed by atoms with E-state index in [1.54, 1.807) is 0 Å². The number of carbonyl (C=O) groups excluding carboxylic acids is 3. The SMILES string of the molecule is COC(=O)[C@@]1(OP(=O)(O)OC[C@H]2O[C@@H](n3ccc(N)nc3=O)[C@H](O)[C@@H]2O)O[C@@H]([C@H](O)[C@H](O)CO)[C@H](NC(C)=O)[C@@H](OC=O)[C@H]1SCCCCSC[C@H]1O[C@@H](O[C@@H]2[C@H](O)[C@@H](O)[C@H](OC)O[C@@H]2CO)[C@H](O)[C@@H](O)[C@H]1O. The third-order valence-electron chi connectivity index (χ3n) is 12.1. The number of carbonyl (C=O) groups is 3. The van der Waals surface area contributed by atoms with E-state index in [1.165, 1.54) is 24.9 Å². The Bertz CT molecular complexity index is 2070. The number of hydrogen-bond acceptors (Lipinski definition) is 30. The average Bonchev–Trinajstić information content (AvgIpc) is 3.63. The number of phosphoric ester groups is 1. The van der Waals surface area contributed by atoms with E-state index in [9.17, 15) is 84.8 Å². The van der Waals surface area contributed by atoms with Crippen molar-refractivity contribution in [3.63, 3.8) is 0 Å². The van der Waals surface area contributed by atoms with E-state index in [2.05, 4.69) is 10.3 Å². The minimum Gasteiger partial charge on any atom is -0.465 e. The number of phosphoric acid groups is 1. The Labute approximate surface area is 423 Å². The summed E-state index contributed by atoms with van der Waals surface area (Å²) >= 11 is 1.89. The van der Waals surface area contributed by atoms with Crippen molar-refractivity contribution >= 4 is 55.5 Å². The molecule has 5 heterocycles. The van der Waals surface area contributed by atoms with Gasteiger partial charge in [0.25, 0.3) is 12.3 Å². The number of nitrogens with two attached hydrogens (primary N) is 1. The fourth-order valence-corrected chi connectivity index (χ4v) is 11.9. The van der Waals surface area contributed by atoms with Gasteiger partial charge in [-0.3, -0.25) is 18.7 Å². The van der Waals surface area contributed by atoms with Crippen LogP contribution < -0.4 is 16.7 Å². The number of anilines is 1. The highest BCUT2D eigenvalue weighted by molar-refractivity contribution is 8.00. The molecule has 0 spiro atoms. The summed E-state index contributed by atoms with van der Waals surface area (Å²) in [7, 11) is -3.80. The number of thioether (sulfide) groups is 2. The van der Waals surface area contributed by atoms with Crippen molar-refractivity contribution in [1.29, 1.82) is 0 Å². The topological polar surface area (TPSA) is 476 Å². The van der Waals surface area contributed by atoms with Crippen LogP contribution in [0.5, 0.6) is 0 Å². The number of nitrogen functional groups attached to an aromatic ring is 1. The molecule has 31 nitrogen and oxygen atoms in total. The second kappa shape index (κ2) is 27.0. The summed E-state index contributed by atoms with van der Waals surface area (Å²) in [6.45, 7) is -2.06. The smallest absolute Gasteiger partial charge is 0.465 e. The first-order chi connectivity index (χ1) is 34.5. The zero-order chi connectivity index (χ0) is 54.1. The van der Waals surface area contributed by atoms with E-state index in [1.807, 2.05) is 0 Å². The van der Waals surface area contributed by atoms with Gasteiger partial charge in [-0.25, -0.2) is 18.7 Å². The summed E-state index contributed by atoms with van der Waals surface area (Å²) in [4.78, 5) is 66.0. The number of rotatable bonds is 25. The summed E-state index contributed by atoms with van der Waals surface area (Å²) in [5.41, 5.74) is 4.53. The molecule has 1 unspecified atom stereocenters. The van der Waals surface area contributed by atoms with Gasteiger partial charge in [0.2, 0.25) is 5.91 Å². The van der Waals surface area contributed by atoms with E-state index in [4.69, 9.17) is 52.7 Å². The Morgan fingerprint density at radius 1 is 0.932 bits per heavy atom. The number of hydrogen-bond donors (Lipinski definition) is 14. The van der Waals surface area contributed by atoms with Crippen LogP contribution in [-0.4, -0.2) is 261 Å². The van der Waals surface area contributed by atoms with Crippen LogP contribution in [0.3, 0.4) is 0 Å². The van der Waals surface area contributed by atoms with Crippen LogP contribution in [0.4, 0.5) is 5.82 Å². The second-order valence-electron chi connectivity index (χ2n) is 17.0. The van der Waals surface area contributed by atoms with E-state index in [-0.39, 0.29) is 36.0 Å².